The van der Waals surface area contributed by atoms with Gasteiger partial charge >= 0.3 is 0 Å². The molecule has 0 atom stereocenters. The van der Waals surface area contributed by atoms with Gasteiger partial charge in [-0.25, -0.2) is 0 Å². The Morgan fingerprint density at radius 3 is 0.667 bits per heavy atom. The van der Waals surface area contributed by atoms with Crippen molar-refractivity contribution in [2.75, 3.05) is 0 Å². The average molecular weight is 1830 g/mol. The SMILES string of the molecule is c1ccc(-n2c3ccccc3c3cc(-c4ccc5c(c4)c4ccccc4n5-c4ccc5c(c4)c4ccccc4n5-c4ccccc4)ccc32)cc1.c1ccc(-n2c3ccccc3c3cc(-c4ccc5c(c4)c4ccccc4n5-c4ccc5c(c4)sc4ccccc45)ccc32)cc1.c1ccc(-n2c3ccccc3c3cc(-c4ccc5c(c4)c4ccccc4n5-c4cccc5c4sc4ccccc45)ccc32)cc1. The van der Waals surface area contributed by atoms with Crippen molar-refractivity contribution in [3.05, 3.63) is 504 Å². The molecule has 0 amide bonds. The van der Waals surface area contributed by atoms with Gasteiger partial charge in [0.05, 0.1) is 87.6 Å². The second kappa shape index (κ2) is 32.3. The molecule has 31 rings (SSSR count). The molecule has 0 radical (unpaired) electrons. The topological polar surface area (TPSA) is 34.5 Å². The van der Waals surface area contributed by atoms with Crippen molar-refractivity contribution in [1.29, 1.82) is 0 Å². The van der Waals surface area contributed by atoms with Gasteiger partial charge < -0.3 is 32.0 Å². The van der Waals surface area contributed by atoms with Crippen molar-refractivity contribution in [3.8, 4) is 73.2 Å². The number of hydrogen-bond donors (Lipinski definition) is 0. The standard InChI is InChI=1S/C48H31N3.2C42H26N2S/c1-3-13-34(14-4-1)49-43-20-10-7-17-37(43)40-29-32(23-26-46(40)49)33-24-27-47-41(30-33)38-18-8-12-22-45(38)51(47)36-25-28-48-42(31-36)39-19-9-11-21-44(39)50(48)35-15-5-2-6-16-35;1-2-11-29(12-3-1)43-36-17-7-4-13-30(36)34-25-27(21-23-38(34)43)28-22-24-39-35(26-28)31-14-5-8-18-37(31)44(39)40-19-10-16-33-32-15-6-9-20-41(32)45-42(33)40;1-2-10-29(11-3-1)43-37-15-7-4-12-31(37)35-24-27(18-22-39(35)43)28-19-23-40-36(25-28)32-13-5-8-16-38(32)44(40)30-20-21-34-33-14-6-9-17-41(33)45-42(34)26-30/h1-31H;2*1-26H. The minimum absolute atomic E-state index is 1.16. The van der Waals surface area contributed by atoms with Gasteiger partial charge in [0.15, 0.2) is 0 Å². The lowest BCUT2D eigenvalue weighted by Gasteiger charge is -2.11. The summed E-state index contributed by atoms with van der Waals surface area (Å²) in [5.41, 5.74) is 32.7. The zero-order valence-corrected chi connectivity index (χ0v) is 78.0. The van der Waals surface area contributed by atoms with Crippen LogP contribution in [0.5, 0.6) is 0 Å². The summed E-state index contributed by atoms with van der Waals surface area (Å²) in [6, 6.07) is 184. The van der Waals surface area contributed by atoms with Crippen molar-refractivity contribution in [1.82, 2.24) is 32.0 Å². The molecule has 0 saturated heterocycles. The predicted molar refractivity (Wildman–Crippen MR) is 602 cm³/mol. The van der Waals surface area contributed by atoms with Gasteiger partial charge in [-0.05, 0) is 246 Å². The van der Waals surface area contributed by atoms with Gasteiger partial charge in [-0.1, -0.05) is 291 Å². The summed E-state index contributed by atoms with van der Waals surface area (Å²) in [7, 11) is 0. The Balaban J connectivity index is 0.000000102. The van der Waals surface area contributed by atoms with E-state index >= 15 is 0 Å². The van der Waals surface area contributed by atoms with Gasteiger partial charge in [-0.2, -0.15) is 0 Å². The molecule has 141 heavy (non-hydrogen) atoms. The smallest absolute Gasteiger partial charge is 0.0640 e. The van der Waals surface area contributed by atoms with Crippen LogP contribution >= 0.6 is 22.7 Å². The summed E-state index contributed by atoms with van der Waals surface area (Å²) < 4.78 is 22.1. The maximum absolute atomic E-state index is 2.46. The Hall–Kier alpha value is -18.1. The zero-order chi connectivity index (χ0) is 92.4. The number of thiophene rings is 2. The summed E-state index contributed by atoms with van der Waals surface area (Å²) >= 11 is 3.75. The molecule has 0 aliphatic heterocycles. The van der Waals surface area contributed by atoms with Gasteiger partial charge in [0, 0.05) is 145 Å². The molecule has 22 aromatic carbocycles. The van der Waals surface area contributed by atoms with Crippen molar-refractivity contribution in [2.45, 2.75) is 0 Å². The Morgan fingerprint density at radius 2 is 0.333 bits per heavy atom. The number of fused-ring (bicyclic) bond motifs is 27. The van der Waals surface area contributed by atoms with Crippen LogP contribution in [0.4, 0.5) is 0 Å². The molecule has 0 fully saturated rings. The highest BCUT2D eigenvalue weighted by Crippen LogP contribution is 2.48. The quantitative estimate of drug-likeness (QED) is 0.131. The third kappa shape index (κ3) is 12.7. The molecule has 0 saturated carbocycles. The summed E-state index contributed by atoms with van der Waals surface area (Å²) in [4.78, 5) is 0. The Labute approximate surface area is 818 Å². The van der Waals surface area contributed by atoms with Crippen LogP contribution in [0.2, 0.25) is 0 Å². The van der Waals surface area contributed by atoms with Crippen LogP contribution in [0.15, 0.2) is 504 Å². The van der Waals surface area contributed by atoms with E-state index in [-0.39, 0.29) is 0 Å². The maximum Gasteiger partial charge on any atom is 0.0640 e. The predicted octanol–water partition coefficient (Wildman–Crippen LogP) is 36.5. The van der Waals surface area contributed by atoms with E-state index in [1.807, 2.05) is 22.7 Å². The van der Waals surface area contributed by atoms with Gasteiger partial charge in [-0.3, -0.25) is 0 Å². The van der Waals surface area contributed by atoms with Crippen LogP contribution in [0.3, 0.4) is 0 Å². The first-order valence-electron chi connectivity index (χ1n) is 48.2. The fraction of sp³-hybridized carbons (Fsp3) is 0. The molecular formula is C132H83N7S2. The molecule has 0 N–H and O–H groups in total. The molecule has 9 heteroatoms. The van der Waals surface area contributed by atoms with Gasteiger partial charge in [0.1, 0.15) is 0 Å². The highest BCUT2D eigenvalue weighted by Gasteiger charge is 2.25. The van der Waals surface area contributed by atoms with E-state index in [1.54, 1.807) is 0 Å². The molecule has 0 bridgehead atoms. The van der Waals surface area contributed by atoms with Gasteiger partial charge in [0.2, 0.25) is 0 Å². The van der Waals surface area contributed by atoms with Crippen molar-refractivity contribution < 1.29 is 0 Å². The monoisotopic (exact) mass is 1830 g/mol. The lowest BCUT2D eigenvalue weighted by Crippen LogP contribution is -1.95. The Morgan fingerprint density at radius 1 is 0.113 bits per heavy atom. The molecule has 658 valence electrons. The average Bonchev–Trinajstić information content (AvgIpc) is 1.58. The number of rotatable bonds is 10. The Bertz CT molecular complexity index is 10500. The lowest BCUT2D eigenvalue weighted by molar-refractivity contribution is 1.17. The normalized spacial score (nSPS) is 12.0. The van der Waals surface area contributed by atoms with Crippen LogP contribution in [0.25, 0.3) is 266 Å². The third-order valence-corrected chi connectivity index (χ3v) is 31.6. The van der Waals surface area contributed by atoms with Crippen LogP contribution in [0, 0.1) is 0 Å². The summed E-state index contributed by atoms with van der Waals surface area (Å²) in [5, 5.41) is 23.0. The highest BCUT2D eigenvalue weighted by molar-refractivity contribution is 7.26. The van der Waals surface area contributed by atoms with E-state index in [0.29, 0.717) is 0 Å². The largest absolute Gasteiger partial charge is 0.309 e. The van der Waals surface area contributed by atoms with Crippen LogP contribution in [0.1, 0.15) is 0 Å². The second-order valence-corrected chi connectivity index (χ2v) is 39.1. The van der Waals surface area contributed by atoms with Crippen molar-refractivity contribution in [2.24, 2.45) is 0 Å². The molecule has 7 nitrogen and oxygen atoms in total. The zero-order valence-electron chi connectivity index (χ0n) is 76.4. The summed E-state index contributed by atoms with van der Waals surface area (Å²) in [6.45, 7) is 0. The first kappa shape index (κ1) is 80.2. The number of nitrogens with zero attached hydrogens (tertiary/aromatic N) is 7. The third-order valence-electron chi connectivity index (χ3n) is 29.3. The molecule has 0 unspecified atom stereocenters. The van der Waals surface area contributed by atoms with E-state index in [1.165, 1.54) is 260 Å². The van der Waals surface area contributed by atoms with E-state index in [0.717, 1.165) is 5.69 Å². The number of para-hydroxylation sites is 11. The second-order valence-electron chi connectivity index (χ2n) is 36.9. The van der Waals surface area contributed by atoms with E-state index in [4.69, 9.17) is 0 Å². The van der Waals surface area contributed by atoms with E-state index in [9.17, 15) is 0 Å². The van der Waals surface area contributed by atoms with Crippen LogP contribution in [-0.4, -0.2) is 32.0 Å². The van der Waals surface area contributed by atoms with E-state index < -0.39 is 0 Å². The fourth-order valence-corrected chi connectivity index (χ4v) is 25.4. The highest BCUT2D eigenvalue weighted by atomic mass is 32.1. The molecule has 0 aliphatic carbocycles. The summed E-state index contributed by atoms with van der Waals surface area (Å²) in [6.07, 6.45) is 0. The molecule has 9 heterocycles. The van der Waals surface area contributed by atoms with Gasteiger partial charge in [-0.15, -0.1) is 22.7 Å². The first-order valence-corrected chi connectivity index (χ1v) is 49.9. The van der Waals surface area contributed by atoms with Crippen molar-refractivity contribution in [3.63, 3.8) is 0 Å². The fourth-order valence-electron chi connectivity index (χ4n) is 23.0. The summed E-state index contributed by atoms with van der Waals surface area (Å²) in [5.74, 6) is 0. The minimum atomic E-state index is 1.16. The van der Waals surface area contributed by atoms with Crippen molar-refractivity contribution >= 4 is 216 Å². The van der Waals surface area contributed by atoms with Crippen LogP contribution in [-0.2, 0) is 0 Å². The van der Waals surface area contributed by atoms with E-state index in [2.05, 4.69) is 535 Å². The number of aromatic nitrogens is 7. The number of benzene rings is 22. The molecule has 9 aromatic heterocycles. The maximum atomic E-state index is 2.46. The molecular weight excluding hydrogens is 1750 g/mol. The Kier molecular flexibility index (Phi) is 18.4. The van der Waals surface area contributed by atoms with Gasteiger partial charge in [0.25, 0.3) is 0 Å². The lowest BCUT2D eigenvalue weighted by atomic mass is 10.0. The number of hydrogen-bond acceptors (Lipinski definition) is 2. The minimum Gasteiger partial charge on any atom is -0.309 e. The van der Waals surface area contributed by atoms with Crippen LogP contribution < -0.4 is 0 Å². The molecule has 0 aliphatic rings. The first-order chi connectivity index (χ1) is 70.0. The molecule has 0 spiro atoms. The molecule has 31 aromatic rings.